The van der Waals surface area contributed by atoms with Crippen molar-refractivity contribution in [2.45, 2.75) is 6.54 Å². The van der Waals surface area contributed by atoms with Gasteiger partial charge >= 0.3 is 0 Å². The van der Waals surface area contributed by atoms with Gasteiger partial charge in [0.05, 0.1) is 0 Å². The standard InChI is InChI=1S/C16H16N4/c17-9-10-1-3-11(4-2-10)14-7-12-5-6-13(16(18)19)8-15(12)20-14/h1-8,20H,9,17H2,(H3,18,19). The third-order valence-electron chi connectivity index (χ3n) is 3.43. The first-order chi connectivity index (χ1) is 9.67. The van der Waals surface area contributed by atoms with Crippen LogP contribution < -0.4 is 11.5 Å². The van der Waals surface area contributed by atoms with E-state index in [0.29, 0.717) is 6.54 Å². The highest BCUT2D eigenvalue weighted by molar-refractivity contribution is 5.99. The Balaban J connectivity index is 2.05. The molecule has 100 valence electrons. The van der Waals surface area contributed by atoms with Crippen molar-refractivity contribution >= 4 is 16.7 Å². The Kier molecular flexibility index (Phi) is 3.00. The van der Waals surface area contributed by atoms with Crippen molar-refractivity contribution in [3.63, 3.8) is 0 Å². The number of nitrogens with two attached hydrogens (primary N) is 2. The number of fused-ring (bicyclic) bond motifs is 1. The van der Waals surface area contributed by atoms with E-state index in [1.807, 2.05) is 30.3 Å². The predicted octanol–water partition coefficient (Wildman–Crippen LogP) is 2.58. The summed E-state index contributed by atoms with van der Waals surface area (Å²) >= 11 is 0. The molecule has 6 N–H and O–H groups in total. The van der Waals surface area contributed by atoms with Crippen molar-refractivity contribution < 1.29 is 0 Å². The van der Waals surface area contributed by atoms with Crippen molar-refractivity contribution in [1.29, 1.82) is 5.41 Å². The van der Waals surface area contributed by atoms with Crippen molar-refractivity contribution in [2.75, 3.05) is 0 Å². The fourth-order valence-corrected chi connectivity index (χ4v) is 2.27. The topological polar surface area (TPSA) is 91.7 Å². The molecular weight excluding hydrogens is 248 g/mol. The van der Waals surface area contributed by atoms with Crippen LogP contribution in [0.15, 0.2) is 48.5 Å². The van der Waals surface area contributed by atoms with Crippen LogP contribution in [-0.4, -0.2) is 10.8 Å². The van der Waals surface area contributed by atoms with Gasteiger partial charge in [0, 0.05) is 28.7 Å². The predicted molar refractivity (Wildman–Crippen MR) is 82.6 cm³/mol. The average molecular weight is 264 g/mol. The second-order valence-corrected chi connectivity index (χ2v) is 4.80. The lowest BCUT2D eigenvalue weighted by atomic mass is 10.1. The molecule has 0 atom stereocenters. The minimum absolute atomic E-state index is 0.0790. The van der Waals surface area contributed by atoms with Gasteiger partial charge in [-0.1, -0.05) is 36.4 Å². The molecule has 0 saturated carbocycles. The molecule has 0 aliphatic rings. The molecule has 0 saturated heterocycles. The zero-order valence-electron chi connectivity index (χ0n) is 11.0. The van der Waals surface area contributed by atoms with Crippen molar-refractivity contribution in [3.8, 4) is 11.3 Å². The summed E-state index contributed by atoms with van der Waals surface area (Å²) in [7, 11) is 0. The summed E-state index contributed by atoms with van der Waals surface area (Å²) < 4.78 is 0. The molecule has 20 heavy (non-hydrogen) atoms. The van der Waals surface area contributed by atoms with E-state index < -0.39 is 0 Å². The second-order valence-electron chi connectivity index (χ2n) is 4.80. The maximum Gasteiger partial charge on any atom is 0.122 e. The van der Waals surface area contributed by atoms with Gasteiger partial charge in [-0.2, -0.15) is 0 Å². The smallest absolute Gasteiger partial charge is 0.122 e. The maximum atomic E-state index is 7.48. The summed E-state index contributed by atoms with van der Waals surface area (Å²) in [6, 6.07) is 16.0. The minimum atomic E-state index is 0.0790. The molecule has 0 bridgehead atoms. The van der Waals surface area contributed by atoms with Crippen LogP contribution in [0.25, 0.3) is 22.2 Å². The van der Waals surface area contributed by atoms with Gasteiger partial charge in [-0.25, -0.2) is 0 Å². The average Bonchev–Trinajstić information content (AvgIpc) is 2.90. The lowest BCUT2D eigenvalue weighted by molar-refractivity contribution is 1.07. The second kappa shape index (κ2) is 4.83. The Labute approximate surface area is 116 Å². The molecule has 2 aromatic carbocycles. The molecule has 0 radical (unpaired) electrons. The summed E-state index contributed by atoms with van der Waals surface area (Å²) in [6.07, 6.45) is 0. The summed E-state index contributed by atoms with van der Waals surface area (Å²) in [5.41, 5.74) is 16.1. The summed E-state index contributed by atoms with van der Waals surface area (Å²) in [5.74, 6) is 0.0790. The van der Waals surface area contributed by atoms with E-state index in [-0.39, 0.29) is 5.84 Å². The van der Waals surface area contributed by atoms with E-state index in [1.54, 1.807) is 0 Å². The molecule has 1 aromatic heterocycles. The highest BCUT2D eigenvalue weighted by Crippen LogP contribution is 2.25. The zero-order valence-corrected chi connectivity index (χ0v) is 11.0. The van der Waals surface area contributed by atoms with Crippen molar-refractivity contribution in [2.24, 2.45) is 11.5 Å². The fraction of sp³-hybridized carbons (Fsp3) is 0.0625. The van der Waals surface area contributed by atoms with Crippen LogP contribution in [0.1, 0.15) is 11.1 Å². The van der Waals surface area contributed by atoms with Gasteiger partial charge in [0.25, 0.3) is 0 Å². The Morgan fingerprint density at radius 1 is 1.05 bits per heavy atom. The first-order valence-electron chi connectivity index (χ1n) is 6.44. The quantitative estimate of drug-likeness (QED) is 0.432. The minimum Gasteiger partial charge on any atom is -0.384 e. The van der Waals surface area contributed by atoms with Crippen LogP contribution in [-0.2, 0) is 6.54 Å². The third-order valence-corrected chi connectivity index (χ3v) is 3.43. The molecule has 0 amide bonds. The monoisotopic (exact) mass is 264 g/mol. The molecule has 4 nitrogen and oxygen atoms in total. The van der Waals surface area contributed by atoms with Gasteiger partial charge in [0.2, 0.25) is 0 Å². The normalized spacial score (nSPS) is 10.8. The van der Waals surface area contributed by atoms with Crippen molar-refractivity contribution in [1.82, 2.24) is 4.98 Å². The van der Waals surface area contributed by atoms with Gasteiger partial charge in [-0.05, 0) is 23.3 Å². The van der Waals surface area contributed by atoms with Crippen LogP contribution in [0.3, 0.4) is 0 Å². The van der Waals surface area contributed by atoms with E-state index in [2.05, 4.69) is 23.2 Å². The molecule has 1 heterocycles. The highest BCUT2D eigenvalue weighted by atomic mass is 14.7. The number of hydrogen-bond acceptors (Lipinski definition) is 2. The molecule has 0 aliphatic carbocycles. The van der Waals surface area contributed by atoms with E-state index in [1.165, 1.54) is 0 Å². The molecule has 0 spiro atoms. The van der Waals surface area contributed by atoms with Gasteiger partial charge in [0.15, 0.2) is 0 Å². The van der Waals surface area contributed by atoms with Gasteiger partial charge in [-0.3, -0.25) is 5.41 Å². The fourth-order valence-electron chi connectivity index (χ4n) is 2.27. The van der Waals surface area contributed by atoms with Gasteiger partial charge in [-0.15, -0.1) is 0 Å². The SMILES string of the molecule is N=C(N)c1ccc2cc(-c3ccc(CN)cc3)[nH]c2c1. The summed E-state index contributed by atoms with van der Waals surface area (Å²) in [4.78, 5) is 3.36. The molecule has 4 heteroatoms. The summed E-state index contributed by atoms with van der Waals surface area (Å²) in [6.45, 7) is 0.551. The highest BCUT2D eigenvalue weighted by Gasteiger charge is 2.05. The van der Waals surface area contributed by atoms with E-state index in [9.17, 15) is 0 Å². The number of hydrogen-bond donors (Lipinski definition) is 4. The van der Waals surface area contributed by atoms with Crippen LogP contribution in [0.4, 0.5) is 0 Å². The molecule has 0 fully saturated rings. The summed E-state index contributed by atoms with van der Waals surface area (Å²) in [5, 5.41) is 8.58. The number of amidine groups is 1. The van der Waals surface area contributed by atoms with Crippen LogP contribution in [0.2, 0.25) is 0 Å². The Bertz CT molecular complexity index is 769. The van der Waals surface area contributed by atoms with Crippen LogP contribution >= 0.6 is 0 Å². The maximum absolute atomic E-state index is 7.48. The molecule has 3 rings (SSSR count). The van der Waals surface area contributed by atoms with Crippen molar-refractivity contribution in [3.05, 3.63) is 59.7 Å². The van der Waals surface area contributed by atoms with Gasteiger partial charge in [0.1, 0.15) is 5.84 Å². The lowest BCUT2D eigenvalue weighted by Crippen LogP contribution is -2.10. The Hall–Kier alpha value is -2.59. The number of nitrogen functional groups attached to an aromatic ring is 1. The number of aromatic amines is 1. The number of nitrogens with one attached hydrogen (secondary N) is 2. The lowest BCUT2D eigenvalue weighted by Gasteiger charge is -2.00. The van der Waals surface area contributed by atoms with Crippen LogP contribution in [0.5, 0.6) is 0 Å². The van der Waals surface area contributed by atoms with Gasteiger partial charge < -0.3 is 16.5 Å². The Morgan fingerprint density at radius 3 is 2.45 bits per heavy atom. The number of benzene rings is 2. The van der Waals surface area contributed by atoms with E-state index >= 15 is 0 Å². The zero-order chi connectivity index (χ0) is 14.1. The number of rotatable bonds is 3. The first kappa shape index (κ1) is 12.4. The first-order valence-corrected chi connectivity index (χ1v) is 6.44. The largest absolute Gasteiger partial charge is 0.384 e. The Morgan fingerprint density at radius 2 is 1.80 bits per heavy atom. The number of aromatic nitrogens is 1. The molecule has 0 aliphatic heterocycles. The van der Waals surface area contributed by atoms with Crippen LogP contribution in [0, 0.1) is 5.41 Å². The third kappa shape index (κ3) is 2.17. The molecular formula is C16H16N4. The van der Waals surface area contributed by atoms with E-state index in [0.717, 1.165) is 33.3 Å². The number of H-pyrrole nitrogens is 1. The van der Waals surface area contributed by atoms with E-state index in [4.69, 9.17) is 16.9 Å². The molecule has 3 aromatic rings. The molecule has 0 unspecified atom stereocenters.